The smallest absolute Gasteiger partial charge is 0.263 e. The van der Waals surface area contributed by atoms with Crippen molar-refractivity contribution in [1.82, 2.24) is 5.32 Å². The fourth-order valence-corrected chi connectivity index (χ4v) is 3.39. The molecule has 1 aliphatic rings. The first-order valence-corrected chi connectivity index (χ1v) is 9.48. The molecule has 0 radical (unpaired) electrons. The van der Waals surface area contributed by atoms with Crippen LogP contribution in [0.2, 0.25) is 0 Å². The maximum Gasteiger partial charge on any atom is 0.263 e. The predicted molar refractivity (Wildman–Crippen MR) is 108 cm³/mol. The summed E-state index contributed by atoms with van der Waals surface area (Å²) in [4.78, 5) is 14.6. The van der Waals surface area contributed by atoms with Gasteiger partial charge in [-0.15, -0.1) is 0 Å². The van der Waals surface area contributed by atoms with Crippen molar-refractivity contribution in [3.8, 4) is 6.07 Å². The van der Waals surface area contributed by atoms with Crippen LogP contribution in [0.15, 0.2) is 60.3 Å². The summed E-state index contributed by atoms with van der Waals surface area (Å²) >= 11 is 0. The van der Waals surface area contributed by atoms with E-state index in [4.69, 9.17) is 0 Å². The quantitative estimate of drug-likeness (QED) is 0.640. The molecule has 0 aromatic heterocycles. The Morgan fingerprint density at radius 2 is 2.00 bits per heavy atom. The largest absolute Gasteiger partial charge is 0.346 e. The van der Waals surface area contributed by atoms with Gasteiger partial charge in [0.2, 0.25) is 0 Å². The molecule has 0 spiro atoms. The first kappa shape index (κ1) is 18.7. The van der Waals surface area contributed by atoms with Gasteiger partial charge in [-0.3, -0.25) is 4.79 Å². The minimum absolute atomic E-state index is 0.128. The summed E-state index contributed by atoms with van der Waals surface area (Å²) in [5.41, 5.74) is 4.75. The zero-order valence-electron chi connectivity index (χ0n) is 15.9. The first-order valence-electron chi connectivity index (χ1n) is 9.48. The van der Waals surface area contributed by atoms with E-state index in [0.29, 0.717) is 0 Å². The van der Waals surface area contributed by atoms with Crippen molar-refractivity contribution in [3.63, 3.8) is 0 Å². The highest BCUT2D eigenvalue weighted by atomic mass is 16.1. The summed E-state index contributed by atoms with van der Waals surface area (Å²) in [7, 11) is 0. The Morgan fingerprint density at radius 1 is 1.26 bits per heavy atom. The number of carbonyl (C=O) groups excluding carboxylic acids is 1. The van der Waals surface area contributed by atoms with E-state index < -0.39 is 0 Å². The molecule has 1 amide bonds. The molecular formula is C23H25N3O. The molecule has 4 nitrogen and oxygen atoms in total. The molecule has 0 bridgehead atoms. The molecule has 1 atom stereocenters. The molecule has 1 heterocycles. The topological polar surface area (TPSA) is 56.1 Å². The number of rotatable bonds is 5. The summed E-state index contributed by atoms with van der Waals surface area (Å²) in [6.07, 6.45) is 4.70. The number of carbonyl (C=O) groups is 1. The van der Waals surface area contributed by atoms with Crippen LogP contribution >= 0.6 is 0 Å². The zero-order chi connectivity index (χ0) is 19.2. The maximum atomic E-state index is 12.6. The normalized spacial score (nSPS) is 14.9. The van der Waals surface area contributed by atoms with Gasteiger partial charge in [0.15, 0.2) is 0 Å². The van der Waals surface area contributed by atoms with Gasteiger partial charge >= 0.3 is 0 Å². The Labute approximate surface area is 161 Å². The van der Waals surface area contributed by atoms with E-state index in [2.05, 4.69) is 36.5 Å². The van der Waals surface area contributed by atoms with Crippen molar-refractivity contribution < 1.29 is 4.79 Å². The SMILES string of the molecule is CCc1ccc(C(C)NC(=O)/C(C#N)=C\N2CCCc3ccccc32)cc1. The number of amides is 1. The summed E-state index contributed by atoms with van der Waals surface area (Å²) in [6.45, 7) is 4.86. The fraction of sp³-hybridized carbons (Fsp3) is 0.304. The highest BCUT2D eigenvalue weighted by molar-refractivity contribution is 5.97. The summed E-state index contributed by atoms with van der Waals surface area (Å²) in [5, 5.41) is 12.5. The van der Waals surface area contributed by atoms with Crippen LogP contribution in [0.1, 0.15) is 43.0 Å². The molecule has 27 heavy (non-hydrogen) atoms. The number of anilines is 1. The lowest BCUT2D eigenvalue weighted by Gasteiger charge is -2.28. The van der Waals surface area contributed by atoms with E-state index in [0.717, 1.165) is 37.1 Å². The third kappa shape index (κ3) is 4.38. The third-order valence-corrected chi connectivity index (χ3v) is 5.03. The van der Waals surface area contributed by atoms with Gasteiger partial charge in [0.25, 0.3) is 5.91 Å². The van der Waals surface area contributed by atoms with Crippen molar-refractivity contribution in [3.05, 3.63) is 77.0 Å². The average molecular weight is 359 g/mol. The lowest BCUT2D eigenvalue weighted by Crippen LogP contribution is -2.30. The summed E-state index contributed by atoms with van der Waals surface area (Å²) < 4.78 is 0. The number of nitrogens with one attached hydrogen (secondary N) is 1. The van der Waals surface area contributed by atoms with Gasteiger partial charge in [0, 0.05) is 18.4 Å². The van der Waals surface area contributed by atoms with E-state index in [1.807, 2.05) is 42.2 Å². The number of para-hydroxylation sites is 1. The first-order chi connectivity index (χ1) is 13.1. The summed E-state index contributed by atoms with van der Waals surface area (Å²) in [5.74, 6) is -0.340. The lowest BCUT2D eigenvalue weighted by atomic mass is 10.0. The second-order valence-corrected chi connectivity index (χ2v) is 6.87. The third-order valence-electron chi connectivity index (χ3n) is 5.03. The molecule has 4 heteroatoms. The Balaban J connectivity index is 1.74. The number of hydrogen-bond acceptors (Lipinski definition) is 3. The Morgan fingerprint density at radius 3 is 2.70 bits per heavy atom. The van der Waals surface area contributed by atoms with E-state index in [1.165, 1.54) is 11.1 Å². The van der Waals surface area contributed by atoms with Crippen molar-refractivity contribution in [1.29, 1.82) is 5.26 Å². The number of nitriles is 1. The van der Waals surface area contributed by atoms with Gasteiger partial charge in [0.05, 0.1) is 6.04 Å². The predicted octanol–water partition coefficient (Wildman–Crippen LogP) is 4.29. The van der Waals surface area contributed by atoms with Crippen LogP contribution in [-0.2, 0) is 17.6 Å². The molecular weight excluding hydrogens is 334 g/mol. The fourth-order valence-electron chi connectivity index (χ4n) is 3.39. The standard InChI is InChI=1S/C23H25N3O/c1-3-18-10-12-19(13-11-18)17(2)25-23(27)21(15-24)16-26-14-6-8-20-7-4-5-9-22(20)26/h4-5,7,9-13,16-17H,3,6,8,14H2,1-2H3,(H,25,27)/b21-16-. The lowest BCUT2D eigenvalue weighted by molar-refractivity contribution is -0.117. The van der Waals surface area contributed by atoms with E-state index >= 15 is 0 Å². The van der Waals surface area contributed by atoms with Gasteiger partial charge < -0.3 is 10.2 Å². The Kier molecular flexibility index (Phi) is 5.93. The van der Waals surface area contributed by atoms with Crippen LogP contribution in [0.25, 0.3) is 0 Å². The minimum atomic E-state index is -0.340. The van der Waals surface area contributed by atoms with Gasteiger partial charge in [-0.25, -0.2) is 0 Å². The Hall–Kier alpha value is -3.06. The molecule has 0 saturated carbocycles. The monoisotopic (exact) mass is 359 g/mol. The summed E-state index contributed by atoms with van der Waals surface area (Å²) in [6, 6.07) is 18.3. The van der Waals surface area contributed by atoms with E-state index in [9.17, 15) is 10.1 Å². The molecule has 0 aliphatic carbocycles. The molecule has 1 unspecified atom stereocenters. The molecule has 0 saturated heterocycles. The zero-order valence-corrected chi connectivity index (χ0v) is 15.9. The van der Waals surface area contributed by atoms with Crippen LogP contribution in [-0.4, -0.2) is 12.5 Å². The molecule has 2 aromatic rings. The molecule has 3 rings (SSSR count). The van der Waals surface area contributed by atoms with Crippen LogP contribution < -0.4 is 10.2 Å². The van der Waals surface area contributed by atoms with Crippen LogP contribution in [0.4, 0.5) is 5.69 Å². The highest BCUT2D eigenvalue weighted by Crippen LogP contribution is 2.27. The number of aryl methyl sites for hydroxylation is 2. The molecule has 0 fully saturated rings. The Bertz CT molecular complexity index is 877. The average Bonchev–Trinajstić information content (AvgIpc) is 2.72. The van der Waals surface area contributed by atoms with Crippen LogP contribution in [0, 0.1) is 11.3 Å². The van der Waals surface area contributed by atoms with E-state index in [1.54, 1.807) is 6.20 Å². The highest BCUT2D eigenvalue weighted by Gasteiger charge is 2.19. The maximum absolute atomic E-state index is 12.6. The number of nitrogens with zero attached hydrogens (tertiary/aromatic N) is 2. The molecule has 1 N–H and O–H groups in total. The molecule has 1 aliphatic heterocycles. The van der Waals surface area contributed by atoms with Gasteiger partial charge in [0.1, 0.15) is 11.6 Å². The van der Waals surface area contributed by atoms with Gasteiger partial charge in [-0.2, -0.15) is 5.26 Å². The van der Waals surface area contributed by atoms with Crippen LogP contribution in [0.5, 0.6) is 0 Å². The van der Waals surface area contributed by atoms with Crippen LogP contribution in [0.3, 0.4) is 0 Å². The van der Waals surface area contributed by atoms with Crippen molar-refractivity contribution in [2.45, 2.75) is 39.2 Å². The number of hydrogen-bond donors (Lipinski definition) is 1. The second-order valence-electron chi connectivity index (χ2n) is 6.87. The number of benzene rings is 2. The number of fused-ring (bicyclic) bond motifs is 1. The van der Waals surface area contributed by atoms with Crippen molar-refractivity contribution in [2.75, 3.05) is 11.4 Å². The van der Waals surface area contributed by atoms with Gasteiger partial charge in [-0.1, -0.05) is 49.4 Å². The van der Waals surface area contributed by atoms with Crippen molar-refractivity contribution in [2.24, 2.45) is 0 Å². The minimum Gasteiger partial charge on any atom is -0.346 e. The molecule has 2 aromatic carbocycles. The van der Waals surface area contributed by atoms with Crippen molar-refractivity contribution >= 4 is 11.6 Å². The second kappa shape index (κ2) is 8.55. The molecule has 138 valence electrons. The van der Waals surface area contributed by atoms with Gasteiger partial charge in [-0.05, 0) is 48.9 Å². The van der Waals surface area contributed by atoms with E-state index in [-0.39, 0.29) is 17.5 Å².